The minimum Gasteiger partial charge on any atom is -0.467 e. The van der Waals surface area contributed by atoms with E-state index in [4.69, 9.17) is 20.8 Å². The van der Waals surface area contributed by atoms with Gasteiger partial charge in [-0.2, -0.15) is 0 Å². The van der Waals surface area contributed by atoms with E-state index < -0.39 is 0 Å². The van der Waals surface area contributed by atoms with E-state index in [0.29, 0.717) is 49.7 Å². The van der Waals surface area contributed by atoms with Crippen molar-refractivity contribution in [2.75, 3.05) is 26.8 Å². The lowest BCUT2D eigenvalue weighted by Gasteiger charge is -2.21. The van der Waals surface area contributed by atoms with Gasteiger partial charge in [0, 0.05) is 37.2 Å². The van der Waals surface area contributed by atoms with Crippen LogP contribution in [0.2, 0.25) is 5.02 Å². The Balaban J connectivity index is 1.75. The number of hydrogen-bond acceptors (Lipinski definition) is 4. The molecule has 1 aromatic heterocycles. The summed E-state index contributed by atoms with van der Waals surface area (Å²) >= 11 is 5.81. The summed E-state index contributed by atoms with van der Waals surface area (Å²) < 4.78 is 10.4. The first-order valence-electron chi connectivity index (χ1n) is 8.43. The average Bonchev–Trinajstić information content (AvgIpc) is 3.15. The van der Waals surface area contributed by atoms with Crippen molar-refractivity contribution in [1.29, 1.82) is 0 Å². The van der Waals surface area contributed by atoms with E-state index in [1.165, 1.54) is 0 Å². The van der Waals surface area contributed by atoms with Crippen LogP contribution in [0.3, 0.4) is 0 Å². The van der Waals surface area contributed by atoms with Gasteiger partial charge in [0.15, 0.2) is 0 Å². The monoisotopic (exact) mass is 378 g/mol. The number of amides is 2. The van der Waals surface area contributed by atoms with Gasteiger partial charge in [0.1, 0.15) is 5.76 Å². The fourth-order valence-electron chi connectivity index (χ4n) is 2.39. The fraction of sp³-hybridized carbons (Fsp3) is 0.368. The number of carbonyl (C=O) groups excluding carboxylic acids is 2. The van der Waals surface area contributed by atoms with E-state index in [1.54, 1.807) is 48.6 Å². The molecule has 0 bridgehead atoms. The standard InChI is InChI=1S/C19H23ClN2O4/c1-25-13-11-22(14-17-4-3-12-26-17)18(23)5-2-10-21-19(24)15-6-8-16(20)9-7-15/h3-4,6-9,12H,2,5,10-11,13-14H2,1H3,(H,21,24). The van der Waals surface area contributed by atoms with Gasteiger partial charge in [0.2, 0.25) is 5.91 Å². The molecule has 2 rings (SSSR count). The van der Waals surface area contributed by atoms with Crippen molar-refractivity contribution in [3.05, 3.63) is 59.0 Å². The Morgan fingerprint density at radius 3 is 2.65 bits per heavy atom. The minimum absolute atomic E-state index is 0.000748. The van der Waals surface area contributed by atoms with Crippen LogP contribution in [-0.2, 0) is 16.1 Å². The zero-order chi connectivity index (χ0) is 18.8. The van der Waals surface area contributed by atoms with Gasteiger partial charge in [-0.3, -0.25) is 9.59 Å². The van der Waals surface area contributed by atoms with Crippen molar-refractivity contribution in [2.45, 2.75) is 19.4 Å². The summed E-state index contributed by atoms with van der Waals surface area (Å²) in [6.07, 6.45) is 2.48. The molecule has 0 saturated carbocycles. The quantitative estimate of drug-likeness (QED) is 0.645. The van der Waals surface area contributed by atoms with Crippen molar-refractivity contribution < 1.29 is 18.7 Å². The Labute approximate surface area is 158 Å². The van der Waals surface area contributed by atoms with E-state index in [-0.39, 0.29) is 11.8 Å². The Morgan fingerprint density at radius 2 is 2.00 bits per heavy atom. The Hall–Kier alpha value is -2.31. The lowest BCUT2D eigenvalue weighted by molar-refractivity contribution is -0.132. The second kappa shape index (κ2) is 10.6. The molecule has 1 N–H and O–H groups in total. The summed E-state index contributed by atoms with van der Waals surface area (Å²) in [5.74, 6) is 0.547. The topological polar surface area (TPSA) is 71.8 Å². The molecule has 1 aromatic carbocycles. The summed E-state index contributed by atoms with van der Waals surface area (Å²) in [5, 5.41) is 3.39. The van der Waals surface area contributed by atoms with Crippen LogP contribution >= 0.6 is 11.6 Å². The summed E-state index contributed by atoms with van der Waals surface area (Å²) in [6.45, 7) is 1.78. The van der Waals surface area contributed by atoms with Crippen LogP contribution < -0.4 is 5.32 Å². The molecular formula is C19H23ClN2O4. The zero-order valence-electron chi connectivity index (χ0n) is 14.7. The largest absolute Gasteiger partial charge is 0.467 e. The number of rotatable bonds is 10. The molecular weight excluding hydrogens is 356 g/mol. The number of ether oxygens (including phenoxy) is 1. The van der Waals surface area contributed by atoms with Crippen molar-refractivity contribution in [3.8, 4) is 0 Å². The normalized spacial score (nSPS) is 10.5. The molecule has 7 heteroatoms. The summed E-state index contributed by atoms with van der Waals surface area (Å²) in [4.78, 5) is 26.1. The van der Waals surface area contributed by atoms with Gasteiger partial charge in [-0.05, 0) is 42.8 Å². The Morgan fingerprint density at radius 1 is 1.23 bits per heavy atom. The Bertz CT molecular complexity index is 686. The van der Waals surface area contributed by atoms with E-state index in [9.17, 15) is 9.59 Å². The molecule has 0 fully saturated rings. The van der Waals surface area contributed by atoms with E-state index >= 15 is 0 Å². The molecule has 0 aliphatic rings. The second-order valence-electron chi connectivity index (χ2n) is 5.75. The third kappa shape index (κ3) is 6.54. The van der Waals surface area contributed by atoms with Crippen molar-refractivity contribution >= 4 is 23.4 Å². The second-order valence-corrected chi connectivity index (χ2v) is 6.19. The highest BCUT2D eigenvalue weighted by Gasteiger charge is 2.15. The molecule has 0 aliphatic carbocycles. The maximum absolute atomic E-state index is 12.4. The molecule has 140 valence electrons. The molecule has 0 atom stereocenters. The molecule has 0 saturated heterocycles. The first-order chi connectivity index (χ1) is 12.6. The predicted molar refractivity (Wildman–Crippen MR) is 99.0 cm³/mol. The highest BCUT2D eigenvalue weighted by molar-refractivity contribution is 6.30. The lowest BCUT2D eigenvalue weighted by Crippen LogP contribution is -2.34. The van der Waals surface area contributed by atoms with Gasteiger partial charge >= 0.3 is 0 Å². The third-order valence-corrected chi connectivity index (χ3v) is 4.06. The first kappa shape index (κ1) is 20.0. The van der Waals surface area contributed by atoms with Crippen LogP contribution in [0.1, 0.15) is 29.0 Å². The molecule has 0 aliphatic heterocycles. The fourth-order valence-corrected chi connectivity index (χ4v) is 2.51. The highest BCUT2D eigenvalue weighted by atomic mass is 35.5. The molecule has 1 heterocycles. The number of carbonyl (C=O) groups is 2. The molecule has 0 radical (unpaired) electrons. The molecule has 0 spiro atoms. The molecule has 26 heavy (non-hydrogen) atoms. The lowest BCUT2D eigenvalue weighted by atomic mass is 10.2. The minimum atomic E-state index is -0.180. The highest BCUT2D eigenvalue weighted by Crippen LogP contribution is 2.10. The third-order valence-electron chi connectivity index (χ3n) is 3.80. The summed E-state index contributed by atoms with van der Waals surface area (Å²) in [5.41, 5.74) is 0.542. The van der Waals surface area contributed by atoms with Crippen LogP contribution in [0.15, 0.2) is 47.1 Å². The van der Waals surface area contributed by atoms with Crippen molar-refractivity contribution in [2.24, 2.45) is 0 Å². The number of hydrogen-bond donors (Lipinski definition) is 1. The molecule has 2 aromatic rings. The van der Waals surface area contributed by atoms with Gasteiger partial charge in [0.25, 0.3) is 5.91 Å². The van der Waals surface area contributed by atoms with Crippen molar-refractivity contribution in [1.82, 2.24) is 10.2 Å². The van der Waals surface area contributed by atoms with Crippen molar-refractivity contribution in [3.63, 3.8) is 0 Å². The van der Waals surface area contributed by atoms with Crippen LogP contribution in [0.4, 0.5) is 0 Å². The number of benzene rings is 1. The number of methoxy groups -OCH3 is 1. The SMILES string of the molecule is COCCN(Cc1ccco1)C(=O)CCCNC(=O)c1ccc(Cl)cc1. The first-order valence-corrected chi connectivity index (χ1v) is 8.81. The molecule has 0 unspecified atom stereocenters. The summed E-state index contributed by atoms with van der Waals surface area (Å²) in [7, 11) is 1.60. The molecule has 2 amide bonds. The van der Waals surface area contributed by atoms with Gasteiger partial charge < -0.3 is 19.4 Å². The maximum Gasteiger partial charge on any atom is 0.251 e. The van der Waals surface area contributed by atoms with Gasteiger partial charge in [-0.15, -0.1) is 0 Å². The Kier molecular flexibility index (Phi) is 8.18. The van der Waals surface area contributed by atoms with Crippen LogP contribution in [-0.4, -0.2) is 43.5 Å². The van der Waals surface area contributed by atoms with Gasteiger partial charge in [-0.1, -0.05) is 11.6 Å². The van der Waals surface area contributed by atoms with Gasteiger partial charge in [-0.25, -0.2) is 0 Å². The van der Waals surface area contributed by atoms with Crippen LogP contribution in [0.25, 0.3) is 0 Å². The van der Waals surface area contributed by atoms with Crippen LogP contribution in [0.5, 0.6) is 0 Å². The number of halogens is 1. The van der Waals surface area contributed by atoms with Gasteiger partial charge in [0.05, 0.1) is 19.4 Å². The van der Waals surface area contributed by atoms with E-state index in [2.05, 4.69) is 5.32 Å². The van der Waals surface area contributed by atoms with E-state index in [0.717, 1.165) is 5.76 Å². The summed E-state index contributed by atoms with van der Waals surface area (Å²) in [6, 6.07) is 10.3. The maximum atomic E-state index is 12.4. The predicted octanol–water partition coefficient (Wildman–Crippen LogP) is 3.12. The number of furan rings is 1. The smallest absolute Gasteiger partial charge is 0.251 e. The van der Waals surface area contributed by atoms with Crippen LogP contribution in [0, 0.1) is 0 Å². The average molecular weight is 379 g/mol. The zero-order valence-corrected chi connectivity index (χ0v) is 15.5. The number of nitrogens with zero attached hydrogens (tertiary/aromatic N) is 1. The van der Waals surface area contributed by atoms with E-state index in [1.807, 2.05) is 6.07 Å². The number of nitrogens with one attached hydrogen (secondary N) is 1. The molecule has 6 nitrogen and oxygen atoms in total.